The van der Waals surface area contributed by atoms with Crippen molar-refractivity contribution in [1.82, 2.24) is 5.43 Å². The smallest absolute Gasteiger partial charge is 0.119 e. The van der Waals surface area contributed by atoms with Gasteiger partial charge < -0.3 is 10.2 Å². The van der Waals surface area contributed by atoms with E-state index in [4.69, 9.17) is 10.6 Å². The maximum Gasteiger partial charge on any atom is 0.119 e. The summed E-state index contributed by atoms with van der Waals surface area (Å²) in [6, 6.07) is 10.2. The lowest BCUT2D eigenvalue weighted by atomic mass is 10.3. The first-order chi connectivity index (χ1) is 7.88. The van der Waals surface area contributed by atoms with E-state index in [1.54, 1.807) is 0 Å². The molecule has 1 aliphatic rings. The molecule has 0 spiro atoms. The van der Waals surface area contributed by atoms with Crippen LogP contribution in [-0.4, -0.2) is 18.5 Å². The molecule has 1 aliphatic carbocycles. The zero-order chi connectivity index (χ0) is 11.2. The van der Waals surface area contributed by atoms with Crippen LogP contribution in [0.3, 0.4) is 0 Å². The molecule has 0 aromatic heterocycles. The Morgan fingerprint density at radius 2 is 2.12 bits per heavy atom. The van der Waals surface area contributed by atoms with Gasteiger partial charge in [0.2, 0.25) is 0 Å². The highest BCUT2D eigenvalue weighted by molar-refractivity contribution is 5.82. The van der Waals surface area contributed by atoms with Gasteiger partial charge >= 0.3 is 0 Å². The summed E-state index contributed by atoms with van der Waals surface area (Å²) < 4.78 is 5.56. The molecule has 4 nitrogen and oxygen atoms in total. The first-order valence-corrected chi connectivity index (χ1v) is 5.59. The van der Waals surface area contributed by atoms with E-state index in [0.717, 1.165) is 18.0 Å². The summed E-state index contributed by atoms with van der Waals surface area (Å²) in [5.74, 6) is 7.10. The third kappa shape index (κ3) is 3.55. The average molecular weight is 219 g/mol. The van der Waals surface area contributed by atoms with E-state index >= 15 is 0 Å². The van der Waals surface area contributed by atoms with Gasteiger partial charge in [0, 0.05) is 6.42 Å². The number of nitrogens with one attached hydrogen (secondary N) is 1. The van der Waals surface area contributed by atoms with Gasteiger partial charge in [0.1, 0.15) is 11.6 Å². The fraction of sp³-hybridized carbons (Fsp3) is 0.417. The Morgan fingerprint density at radius 1 is 1.38 bits per heavy atom. The molecule has 1 aromatic carbocycles. The molecule has 1 fully saturated rings. The van der Waals surface area contributed by atoms with Gasteiger partial charge in [-0.2, -0.15) is 0 Å². The summed E-state index contributed by atoms with van der Waals surface area (Å²) in [6.45, 7) is 0.597. The largest absolute Gasteiger partial charge is 0.493 e. The molecular formula is C12H17N3O. The summed E-state index contributed by atoms with van der Waals surface area (Å²) in [4.78, 5) is 4.44. The van der Waals surface area contributed by atoms with Crippen LogP contribution in [0.15, 0.2) is 35.3 Å². The van der Waals surface area contributed by atoms with Gasteiger partial charge in [0.25, 0.3) is 0 Å². The number of rotatable bonds is 5. The van der Waals surface area contributed by atoms with Gasteiger partial charge in [0.15, 0.2) is 0 Å². The highest BCUT2D eigenvalue weighted by atomic mass is 16.5. The molecule has 16 heavy (non-hydrogen) atoms. The lowest BCUT2D eigenvalue weighted by Crippen LogP contribution is -2.31. The van der Waals surface area contributed by atoms with E-state index in [1.165, 1.54) is 12.8 Å². The Bertz CT molecular complexity index is 347. The summed E-state index contributed by atoms with van der Waals surface area (Å²) in [6.07, 6.45) is 3.09. The quantitative estimate of drug-likeness (QED) is 0.341. The van der Waals surface area contributed by atoms with Crippen LogP contribution in [0, 0.1) is 0 Å². The predicted octanol–water partition coefficient (Wildman–Crippen LogP) is 1.48. The summed E-state index contributed by atoms with van der Waals surface area (Å²) in [7, 11) is 0. The number of aliphatic imine (C=N–C) groups is 1. The second kappa shape index (κ2) is 5.51. The minimum absolute atomic E-state index is 0.489. The van der Waals surface area contributed by atoms with Crippen LogP contribution in [0.2, 0.25) is 0 Å². The van der Waals surface area contributed by atoms with E-state index in [1.807, 2.05) is 30.3 Å². The third-order valence-electron chi connectivity index (χ3n) is 2.40. The molecule has 1 saturated carbocycles. The standard InChI is InChI=1S/C12H17N3O/c13-15-12(14-10-6-7-10)8-9-16-11-4-2-1-3-5-11/h1-5,10H,6-9,13H2,(H,14,15). The molecule has 0 saturated heterocycles. The van der Waals surface area contributed by atoms with E-state index < -0.39 is 0 Å². The number of amidine groups is 1. The minimum Gasteiger partial charge on any atom is -0.493 e. The number of benzene rings is 1. The van der Waals surface area contributed by atoms with Crippen molar-refractivity contribution < 1.29 is 4.74 Å². The molecule has 86 valence electrons. The van der Waals surface area contributed by atoms with Crippen LogP contribution >= 0.6 is 0 Å². The Labute approximate surface area is 95.5 Å². The molecule has 0 unspecified atom stereocenters. The first-order valence-electron chi connectivity index (χ1n) is 5.59. The fourth-order valence-corrected chi connectivity index (χ4v) is 1.38. The molecule has 4 heteroatoms. The van der Waals surface area contributed by atoms with Crippen LogP contribution < -0.4 is 16.0 Å². The zero-order valence-corrected chi connectivity index (χ0v) is 9.23. The predicted molar refractivity (Wildman–Crippen MR) is 64.3 cm³/mol. The van der Waals surface area contributed by atoms with Crippen LogP contribution in [0.1, 0.15) is 19.3 Å². The maximum absolute atomic E-state index is 5.56. The summed E-state index contributed by atoms with van der Waals surface area (Å²) in [5, 5.41) is 0. The van der Waals surface area contributed by atoms with Gasteiger partial charge in [-0.05, 0) is 25.0 Å². The lowest BCUT2D eigenvalue weighted by molar-refractivity contribution is 0.328. The molecular weight excluding hydrogens is 202 g/mol. The fourth-order valence-electron chi connectivity index (χ4n) is 1.38. The van der Waals surface area contributed by atoms with Crippen molar-refractivity contribution in [2.75, 3.05) is 6.61 Å². The molecule has 3 N–H and O–H groups in total. The van der Waals surface area contributed by atoms with Gasteiger partial charge in [-0.1, -0.05) is 18.2 Å². The number of nitrogens with zero attached hydrogens (tertiary/aromatic N) is 1. The van der Waals surface area contributed by atoms with Gasteiger partial charge in [-0.25, -0.2) is 5.84 Å². The number of hydrazine groups is 1. The highest BCUT2D eigenvalue weighted by Crippen LogP contribution is 2.23. The second-order valence-corrected chi connectivity index (χ2v) is 3.86. The van der Waals surface area contributed by atoms with E-state index in [0.29, 0.717) is 12.6 Å². The maximum atomic E-state index is 5.56. The van der Waals surface area contributed by atoms with Crippen molar-refractivity contribution in [2.24, 2.45) is 10.8 Å². The van der Waals surface area contributed by atoms with Crippen molar-refractivity contribution >= 4 is 5.84 Å². The van der Waals surface area contributed by atoms with Gasteiger partial charge in [-0.15, -0.1) is 0 Å². The Morgan fingerprint density at radius 3 is 2.75 bits per heavy atom. The number of ether oxygens (including phenoxy) is 1. The van der Waals surface area contributed by atoms with Crippen molar-refractivity contribution in [3.63, 3.8) is 0 Å². The normalized spacial score (nSPS) is 15.9. The molecule has 0 bridgehead atoms. The summed E-state index contributed by atoms with van der Waals surface area (Å²) in [5.41, 5.74) is 2.63. The van der Waals surface area contributed by atoms with Crippen LogP contribution in [-0.2, 0) is 0 Å². The monoisotopic (exact) mass is 219 g/mol. The number of para-hydroxylation sites is 1. The van der Waals surface area contributed by atoms with Crippen LogP contribution in [0.25, 0.3) is 0 Å². The Balaban J connectivity index is 1.74. The number of hydrogen-bond donors (Lipinski definition) is 2. The van der Waals surface area contributed by atoms with Gasteiger partial charge in [-0.3, -0.25) is 4.99 Å². The highest BCUT2D eigenvalue weighted by Gasteiger charge is 2.20. The van der Waals surface area contributed by atoms with Crippen LogP contribution in [0.5, 0.6) is 5.75 Å². The molecule has 0 heterocycles. The van der Waals surface area contributed by atoms with Crippen molar-refractivity contribution in [1.29, 1.82) is 0 Å². The molecule has 1 aromatic rings. The SMILES string of the molecule is NNC(CCOc1ccccc1)=NC1CC1. The second-order valence-electron chi connectivity index (χ2n) is 3.86. The van der Waals surface area contributed by atoms with E-state index in [-0.39, 0.29) is 0 Å². The minimum atomic E-state index is 0.489. The molecule has 0 amide bonds. The lowest BCUT2D eigenvalue weighted by Gasteiger charge is -2.07. The molecule has 0 radical (unpaired) electrons. The van der Waals surface area contributed by atoms with E-state index in [9.17, 15) is 0 Å². The molecule has 0 aliphatic heterocycles. The summed E-state index contributed by atoms with van der Waals surface area (Å²) >= 11 is 0. The molecule has 2 rings (SSSR count). The third-order valence-corrected chi connectivity index (χ3v) is 2.40. The van der Waals surface area contributed by atoms with Crippen LogP contribution in [0.4, 0.5) is 0 Å². The number of hydrogen-bond acceptors (Lipinski definition) is 3. The molecule has 0 atom stereocenters. The average Bonchev–Trinajstić information content (AvgIpc) is 3.13. The van der Waals surface area contributed by atoms with Crippen molar-refractivity contribution in [3.8, 4) is 5.75 Å². The number of nitrogens with two attached hydrogens (primary N) is 1. The zero-order valence-electron chi connectivity index (χ0n) is 9.23. The first kappa shape index (κ1) is 11.0. The van der Waals surface area contributed by atoms with Crippen molar-refractivity contribution in [3.05, 3.63) is 30.3 Å². The topological polar surface area (TPSA) is 59.6 Å². The van der Waals surface area contributed by atoms with Crippen molar-refractivity contribution in [2.45, 2.75) is 25.3 Å². The van der Waals surface area contributed by atoms with Gasteiger partial charge in [0.05, 0.1) is 12.6 Å². The Hall–Kier alpha value is -1.55. The van der Waals surface area contributed by atoms with E-state index in [2.05, 4.69) is 10.4 Å². The Kier molecular flexibility index (Phi) is 3.77.